The first kappa shape index (κ1) is 21.3. The third kappa shape index (κ3) is 4.11. The van der Waals surface area contributed by atoms with Gasteiger partial charge in [0.15, 0.2) is 5.13 Å². The lowest BCUT2D eigenvalue weighted by Gasteiger charge is -2.33. The predicted octanol–water partition coefficient (Wildman–Crippen LogP) is 4.58. The lowest BCUT2D eigenvalue weighted by atomic mass is 9.98. The number of thiophene rings is 1. The highest BCUT2D eigenvalue weighted by atomic mass is 32.2. The Morgan fingerprint density at radius 1 is 1.19 bits per heavy atom. The highest BCUT2D eigenvalue weighted by Crippen LogP contribution is 2.33. The zero-order chi connectivity index (χ0) is 22.1. The SMILES string of the molecule is O=C([C@@H]1CCCN(S(=O)(=O)c2cccs2)C1)N(Cc1ccco1)c1nc2ccccc2s1. The first-order valence-corrected chi connectivity index (χ1v) is 13.4. The minimum atomic E-state index is -3.60. The van der Waals surface area contributed by atoms with Gasteiger partial charge < -0.3 is 4.42 Å². The normalized spacial score (nSPS) is 17.6. The van der Waals surface area contributed by atoms with Crippen molar-refractivity contribution in [2.75, 3.05) is 18.0 Å². The smallest absolute Gasteiger partial charge is 0.252 e. The topological polar surface area (TPSA) is 83.7 Å². The second-order valence-electron chi connectivity index (χ2n) is 7.60. The summed E-state index contributed by atoms with van der Waals surface area (Å²) in [5, 5.41) is 2.34. The molecule has 1 atom stereocenters. The standard InChI is InChI=1S/C22H21N3O4S3/c26-21(16-6-3-11-24(14-16)32(27,28)20-10-5-13-30-20)25(15-17-7-4-12-29-17)22-23-18-8-1-2-9-19(18)31-22/h1-2,4-5,7-10,12-13,16H,3,6,11,14-15H2/t16-/m1/s1. The number of piperidine rings is 1. The Labute approximate surface area is 194 Å². The molecule has 0 saturated carbocycles. The second-order valence-corrected chi connectivity index (χ2v) is 11.7. The van der Waals surface area contributed by atoms with Gasteiger partial charge >= 0.3 is 0 Å². The summed E-state index contributed by atoms with van der Waals surface area (Å²) in [6, 6.07) is 14.7. The van der Waals surface area contributed by atoms with Crippen molar-refractivity contribution in [2.45, 2.75) is 23.6 Å². The third-order valence-electron chi connectivity index (χ3n) is 5.50. The van der Waals surface area contributed by atoms with Crippen LogP contribution in [-0.2, 0) is 21.4 Å². The molecule has 0 unspecified atom stereocenters. The van der Waals surface area contributed by atoms with Gasteiger partial charge in [0.05, 0.1) is 28.9 Å². The predicted molar refractivity (Wildman–Crippen MR) is 125 cm³/mol. The van der Waals surface area contributed by atoms with Crippen LogP contribution in [0.4, 0.5) is 5.13 Å². The zero-order valence-corrected chi connectivity index (χ0v) is 19.5. The molecule has 4 aromatic rings. The first-order valence-electron chi connectivity index (χ1n) is 10.3. The molecule has 0 radical (unpaired) electrons. The van der Waals surface area contributed by atoms with Crippen molar-refractivity contribution in [3.8, 4) is 0 Å². The molecular formula is C22H21N3O4S3. The summed E-state index contributed by atoms with van der Waals surface area (Å²) in [7, 11) is -3.60. The van der Waals surface area contributed by atoms with Crippen molar-refractivity contribution in [1.29, 1.82) is 0 Å². The van der Waals surface area contributed by atoms with Crippen molar-refractivity contribution in [1.82, 2.24) is 9.29 Å². The third-order valence-corrected chi connectivity index (χ3v) is 9.79. The van der Waals surface area contributed by atoms with E-state index in [-0.39, 0.29) is 19.0 Å². The van der Waals surface area contributed by atoms with Crippen molar-refractivity contribution < 1.29 is 17.6 Å². The van der Waals surface area contributed by atoms with Crippen molar-refractivity contribution in [3.05, 3.63) is 65.9 Å². The second kappa shape index (κ2) is 8.78. The first-order chi connectivity index (χ1) is 15.5. The van der Waals surface area contributed by atoms with Gasteiger partial charge in [0.2, 0.25) is 5.91 Å². The number of sulfonamides is 1. The van der Waals surface area contributed by atoms with Crippen LogP contribution < -0.4 is 4.90 Å². The Morgan fingerprint density at radius 3 is 2.81 bits per heavy atom. The summed E-state index contributed by atoms with van der Waals surface area (Å²) < 4.78 is 34.3. The molecule has 5 rings (SSSR count). The molecular weight excluding hydrogens is 466 g/mol. The molecule has 10 heteroatoms. The van der Waals surface area contributed by atoms with E-state index in [9.17, 15) is 13.2 Å². The highest BCUT2D eigenvalue weighted by molar-refractivity contribution is 7.91. The molecule has 0 N–H and O–H groups in total. The van der Waals surface area contributed by atoms with Crippen molar-refractivity contribution >= 4 is 54.0 Å². The molecule has 7 nitrogen and oxygen atoms in total. The number of carbonyl (C=O) groups is 1. The molecule has 0 bridgehead atoms. The molecule has 1 fully saturated rings. The summed E-state index contributed by atoms with van der Waals surface area (Å²) in [4.78, 5) is 20.0. The van der Waals surface area contributed by atoms with Crippen LogP contribution in [-0.4, -0.2) is 36.7 Å². The number of furan rings is 1. The number of hydrogen-bond donors (Lipinski definition) is 0. The molecule has 0 aliphatic carbocycles. The number of hydrogen-bond acceptors (Lipinski definition) is 7. The number of anilines is 1. The quantitative estimate of drug-likeness (QED) is 0.397. The Balaban J connectivity index is 1.44. The molecule has 1 amide bonds. The fraction of sp³-hybridized carbons (Fsp3) is 0.273. The number of thiazole rings is 1. The van der Waals surface area contributed by atoms with Gasteiger partial charge in [-0.2, -0.15) is 4.31 Å². The summed E-state index contributed by atoms with van der Waals surface area (Å²) in [5.41, 5.74) is 0.829. The van der Waals surface area contributed by atoms with E-state index in [0.29, 0.717) is 34.5 Å². The number of rotatable bonds is 6. The van der Waals surface area contributed by atoms with Crippen LogP contribution in [0.3, 0.4) is 0 Å². The molecule has 1 aromatic carbocycles. The lowest BCUT2D eigenvalue weighted by molar-refractivity contribution is -0.123. The minimum Gasteiger partial charge on any atom is -0.467 e. The monoisotopic (exact) mass is 487 g/mol. The zero-order valence-electron chi connectivity index (χ0n) is 17.1. The maximum Gasteiger partial charge on any atom is 0.252 e. The number of benzene rings is 1. The number of nitrogens with zero attached hydrogens (tertiary/aromatic N) is 3. The van der Waals surface area contributed by atoms with Crippen LogP contribution in [0, 0.1) is 5.92 Å². The molecule has 3 aromatic heterocycles. The summed E-state index contributed by atoms with van der Waals surface area (Å²) in [5.74, 6) is 0.0727. The average Bonchev–Trinajstić information content (AvgIpc) is 3.58. The molecule has 32 heavy (non-hydrogen) atoms. The molecule has 1 aliphatic heterocycles. The average molecular weight is 488 g/mol. The fourth-order valence-corrected chi connectivity index (χ4v) is 7.53. The van der Waals surface area contributed by atoms with Crippen LogP contribution in [0.5, 0.6) is 0 Å². The van der Waals surface area contributed by atoms with E-state index in [1.807, 2.05) is 30.3 Å². The van der Waals surface area contributed by atoms with Gasteiger partial charge in [-0.15, -0.1) is 11.3 Å². The van der Waals surface area contributed by atoms with Crippen LogP contribution >= 0.6 is 22.7 Å². The molecule has 166 valence electrons. The number of aromatic nitrogens is 1. The van der Waals surface area contributed by atoms with Gasteiger partial charge in [-0.3, -0.25) is 9.69 Å². The Morgan fingerprint density at radius 2 is 2.06 bits per heavy atom. The number of carbonyl (C=O) groups excluding carboxylic acids is 1. The van der Waals surface area contributed by atoms with E-state index in [4.69, 9.17) is 4.42 Å². The minimum absolute atomic E-state index is 0.133. The molecule has 4 heterocycles. The van der Waals surface area contributed by atoms with Gasteiger partial charge in [0.1, 0.15) is 9.97 Å². The highest BCUT2D eigenvalue weighted by Gasteiger charge is 2.36. The lowest BCUT2D eigenvalue weighted by Crippen LogP contribution is -2.46. The van der Waals surface area contributed by atoms with Crippen LogP contribution in [0.1, 0.15) is 18.6 Å². The van der Waals surface area contributed by atoms with E-state index in [1.165, 1.54) is 27.0 Å². The molecule has 0 spiro atoms. The van der Waals surface area contributed by atoms with E-state index >= 15 is 0 Å². The van der Waals surface area contributed by atoms with Crippen LogP contribution in [0.15, 0.2) is 68.8 Å². The summed E-state index contributed by atoms with van der Waals surface area (Å²) in [6.45, 7) is 0.835. The largest absolute Gasteiger partial charge is 0.467 e. The molecule has 1 aliphatic rings. The molecule has 1 saturated heterocycles. The van der Waals surface area contributed by atoms with Gasteiger partial charge in [-0.25, -0.2) is 13.4 Å². The Bertz CT molecular complexity index is 1280. The van der Waals surface area contributed by atoms with Crippen LogP contribution in [0.25, 0.3) is 10.2 Å². The van der Waals surface area contributed by atoms with Gasteiger partial charge in [-0.05, 0) is 48.6 Å². The van der Waals surface area contributed by atoms with E-state index in [1.54, 1.807) is 34.7 Å². The maximum atomic E-state index is 13.7. The number of amides is 1. The fourth-order valence-electron chi connectivity index (χ4n) is 3.89. The number of para-hydroxylation sites is 1. The summed E-state index contributed by atoms with van der Waals surface area (Å²) in [6.07, 6.45) is 2.84. The Kier molecular flexibility index (Phi) is 5.85. The van der Waals surface area contributed by atoms with Crippen molar-refractivity contribution in [2.24, 2.45) is 5.92 Å². The maximum absolute atomic E-state index is 13.7. The summed E-state index contributed by atoms with van der Waals surface area (Å²) >= 11 is 2.64. The van der Waals surface area contributed by atoms with Gasteiger partial charge in [0, 0.05) is 13.1 Å². The Hall–Kier alpha value is -2.53. The van der Waals surface area contributed by atoms with E-state index in [2.05, 4.69) is 4.98 Å². The van der Waals surface area contributed by atoms with Crippen molar-refractivity contribution in [3.63, 3.8) is 0 Å². The van der Waals surface area contributed by atoms with E-state index < -0.39 is 15.9 Å². The van der Waals surface area contributed by atoms with Gasteiger partial charge in [-0.1, -0.05) is 29.5 Å². The van der Waals surface area contributed by atoms with Gasteiger partial charge in [0.25, 0.3) is 10.0 Å². The van der Waals surface area contributed by atoms with E-state index in [0.717, 1.165) is 10.2 Å². The number of fused-ring (bicyclic) bond motifs is 1. The van der Waals surface area contributed by atoms with Crippen LogP contribution in [0.2, 0.25) is 0 Å².